The van der Waals surface area contributed by atoms with Crippen molar-refractivity contribution in [3.63, 3.8) is 0 Å². The predicted octanol–water partition coefficient (Wildman–Crippen LogP) is -0.993. The molecule has 3 rings (SSSR count). The first-order valence-corrected chi connectivity index (χ1v) is 3.78. The predicted molar refractivity (Wildman–Crippen MR) is 43.9 cm³/mol. The molecule has 0 amide bonds. The number of nitrogen functional groups attached to an aromatic ring is 1. The van der Waals surface area contributed by atoms with Gasteiger partial charge in [-0.3, -0.25) is 0 Å². The third-order valence-electron chi connectivity index (χ3n) is 1.83. The van der Waals surface area contributed by atoms with Gasteiger partial charge in [0.05, 0.1) is 0 Å². The molecule has 0 atom stereocenters. The molecule has 64 valence electrons. The average molecular weight is 174 g/mol. The van der Waals surface area contributed by atoms with Crippen LogP contribution in [0.4, 0.5) is 5.69 Å². The Morgan fingerprint density at radius 3 is 3.15 bits per heavy atom. The lowest BCUT2D eigenvalue weighted by Crippen LogP contribution is -2.28. The fourth-order valence-corrected chi connectivity index (χ4v) is 1.32. The van der Waals surface area contributed by atoms with Gasteiger partial charge in [-0.15, -0.1) is 5.10 Å². The van der Waals surface area contributed by atoms with Crippen LogP contribution in [0.15, 0.2) is 24.8 Å². The highest BCUT2D eigenvalue weighted by Crippen LogP contribution is 2.03. The van der Waals surface area contributed by atoms with Gasteiger partial charge in [-0.1, -0.05) is 4.63 Å². The molecule has 3 aromatic heterocycles. The van der Waals surface area contributed by atoms with Gasteiger partial charge in [-0.25, -0.2) is 4.98 Å². The number of nitrogens with two attached hydrogens (primary N) is 1. The maximum Gasteiger partial charge on any atom is 0.226 e. The summed E-state index contributed by atoms with van der Waals surface area (Å²) in [5.41, 5.74) is 7.57. The Hall–Kier alpha value is -2.11. The highest BCUT2D eigenvalue weighted by atomic mass is 15.5. The van der Waals surface area contributed by atoms with E-state index in [0.717, 1.165) is 0 Å². The van der Waals surface area contributed by atoms with E-state index in [4.69, 9.17) is 5.73 Å². The SMILES string of the molecule is Nc1cn2c3nccnc3[n-][n+]2c1. The van der Waals surface area contributed by atoms with Crippen molar-refractivity contribution in [2.75, 3.05) is 5.73 Å². The van der Waals surface area contributed by atoms with E-state index in [-0.39, 0.29) is 0 Å². The first-order valence-electron chi connectivity index (χ1n) is 3.78. The van der Waals surface area contributed by atoms with Crippen LogP contribution in [-0.4, -0.2) is 14.5 Å². The van der Waals surface area contributed by atoms with Crippen LogP contribution in [-0.2, 0) is 0 Å². The first kappa shape index (κ1) is 6.41. The number of nitrogens with zero attached hydrogens (tertiary/aromatic N) is 5. The molecule has 0 aliphatic heterocycles. The summed E-state index contributed by atoms with van der Waals surface area (Å²) in [7, 11) is 0. The zero-order valence-electron chi connectivity index (χ0n) is 6.62. The van der Waals surface area contributed by atoms with Crippen LogP contribution in [0.1, 0.15) is 0 Å². The minimum absolute atomic E-state index is 0.613. The summed E-state index contributed by atoms with van der Waals surface area (Å²) < 4.78 is 3.36. The highest BCUT2D eigenvalue weighted by molar-refractivity contribution is 5.62. The van der Waals surface area contributed by atoms with Gasteiger partial charge < -0.3 is 10.7 Å². The van der Waals surface area contributed by atoms with Crippen LogP contribution >= 0.6 is 0 Å². The highest BCUT2D eigenvalue weighted by Gasteiger charge is 2.06. The standard InChI is InChI=1S/C7H6N6/c8-5-3-12-7-6(9-1-2-10-7)11-13(12)4-5/h1-4H,8H2. The summed E-state index contributed by atoms with van der Waals surface area (Å²) in [5.74, 6) is 0. The fourth-order valence-electron chi connectivity index (χ4n) is 1.32. The Morgan fingerprint density at radius 2 is 2.23 bits per heavy atom. The molecule has 0 aromatic carbocycles. The second-order valence-corrected chi connectivity index (χ2v) is 2.73. The van der Waals surface area contributed by atoms with Crippen molar-refractivity contribution in [1.82, 2.24) is 19.6 Å². The summed E-state index contributed by atoms with van der Waals surface area (Å²) in [6.07, 6.45) is 6.70. The molecule has 0 bridgehead atoms. The van der Waals surface area contributed by atoms with Crippen molar-refractivity contribution >= 4 is 17.0 Å². The third-order valence-corrected chi connectivity index (χ3v) is 1.83. The van der Waals surface area contributed by atoms with Crippen molar-refractivity contribution in [2.24, 2.45) is 0 Å². The van der Waals surface area contributed by atoms with Gasteiger partial charge in [-0.05, 0) is 6.20 Å². The van der Waals surface area contributed by atoms with Crippen LogP contribution in [0.25, 0.3) is 11.3 Å². The van der Waals surface area contributed by atoms with E-state index >= 15 is 0 Å². The Kier molecular flexibility index (Phi) is 0.974. The maximum absolute atomic E-state index is 5.60. The molecule has 0 radical (unpaired) electrons. The number of fused-ring (bicyclic) bond motifs is 3. The van der Waals surface area contributed by atoms with Gasteiger partial charge in [-0.2, -0.15) is 4.52 Å². The molecule has 13 heavy (non-hydrogen) atoms. The van der Waals surface area contributed by atoms with E-state index in [1.54, 1.807) is 33.9 Å². The van der Waals surface area contributed by atoms with Gasteiger partial charge >= 0.3 is 0 Å². The number of aromatic nitrogens is 5. The summed E-state index contributed by atoms with van der Waals surface area (Å²) in [5, 5.41) is 4.16. The lowest BCUT2D eigenvalue weighted by Gasteiger charge is -1.87. The summed E-state index contributed by atoms with van der Waals surface area (Å²) in [4.78, 5) is 8.21. The van der Waals surface area contributed by atoms with Crippen LogP contribution in [0.2, 0.25) is 0 Å². The molecule has 3 aromatic rings. The van der Waals surface area contributed by atoms with Gasteiger partial charge in [0.2, 0.25) is 6.20 Å². The van der Waals surface area contributed by atoms with E-state index in [0.29, 0.717) is 17.0 Å². The van der Waals surface area contributed by atoms with E-state index < -0.39 is 0 Å². The second-order valence-electron chi connectivity index (χ2n) is 2.73. The Bertz CT molecular complexity index is 577. The molecular formula is C7H6N6. The van der Waals surface area contributed by atoms with Crippen LogP contribution in [0.3, 0.4) is 0 Å². The lowest BCUT2D eigenvalue weighted by molar-refractivity contribution is -0.674. The molecule has 2 N–H and O–H groups in total. The van der Waals surface area contributed by atoms with E-state index in [1.807, 2.05) is 0 Å². The number of hydrogen-bond acceptors (Lipinski definition) is 3. The zero-order chi connectivity index (χ0) is 8.84. The van der Waals surface area contributed by atoms with Gasteiger partial charge in [0.25, 0.3) is 0 Å². The molecule has 6 nitrogen and oxygen atoms in total. The largest absolute Gasteiger partial charge is 0.393 e. The van der Waals surface area contributed by atoms with E-state index in [9.17, 15) is 0 Å². The van der Waals surface area contributed by atoms with Crippen molar-refractivity contribution in [2.45, 2.75) is 0 Å². The monoisotopic (exact) mass is 174 g/mol. The van der Waals surface area contributed by atoms with E-state index in [1.165, 1.54) is 0 Å². The summed E-state index contributed by atoms with van der Waals surface area (Å²) >= 11 is 0. The second kappa shape index (κ2) is 1.98. The number of rotatable bonds is 0. The molecule has 6 heteroatoms. The normalized spacial score (nSPS) is 11.4. The molecule has 0 spiro atoms. The van der Waals surface area contributed by atoms with E-state index in [2.05, 4.69) is 15.1 Å². The third kappa shape index (κ3) is 0.738. The quantitative estimate of drug-likeness (QED) is 0.444. The van der Waals surface area contributed by atoms with Crippen molar-refractivity contribution in [3.05, 3.63) is 24.8 Å². The topological polar surface area (TPSA) is 74.4 Å². The molecule has 0 aliphatic carbocycles. The average Bonchev–Trinajstić information content (AvgIpc) is 2.60. The van der Waals surface area contributed by atoms with Crippen molar-refractivity contribution < 1.29 is 4.63 Å². The first-order chi connectivity index (χ1) is 6.34. The van der Waals surface area contributed by atoms with Crippen LogP contribution in [0.5, 0.6) is 0 Å². The number of hydrogen-bond donors (Lipinski definition) is 1. The van der Waals surface area contributed by atoms with Crippen molar-refractivity contribution in [3.8, 4) is 0 Å². The molecule has 0 aliphatic rings. The lowest BCUT2D eigenvalue weighted by atomic mass is 10.6. The zero-order valence-corrected chi connectivity index (χ0v) is 6.62. The van der Waals surface area contributed by atoms with Crippen LogP contribution in [0, 0.1) is 0 Å². The number of anilines is 1. The smallest absolute Gasteiger partial charge is 0.226 e. The van der Waals surface area contributed by atoms with Gasteiger partial charge in [0.1, 0.15) is 11.3 Å². The minimum atomic E-state index is 0.613. The van der Waals surface area contributed by atoms with Gasteiger partial charge in [0.15, 0.2) is 5.65 Å². The fraction of sp³-hybridized carbons (Fsp3) is 0. The maximum atomic E-state index is 5.60. The Morgan fingerprint density at radius 1 is 1.38 bits per heavy atom. The van der Waals surface area contributed by atoms with Crippen LogP contribution < -0.4 is 15.5 Å². The molecule has 3 heterocycles. The van der Waals surface area contributed by atoms with Gasteiger partial charge in [0, 0.05) is 12.4 Å². The Labute approximate surface area is 72.6 Å². The summed E-state index contributed by atoms with van der Waals surface area (Å²) in [6.45, 7) is 0. The molecule has 0 unspecified atom stereocenters. The minimum Gasteiger partial charge on any atom is -0.393 e. The molecule has 0 saturated heterocycles. The summed E-state index contributed by atoms with van der Waals surface area (Å²) in [6, 6.07) is 0. The van der Waals surface area contributed by atoms with Crippen molar-refractivity contribution in [1.29, 1.82) is 0 Å². The molecule has 0 fully saturated rings. The Balaban J connectivity index is 2.60. The molecular weight excluding hydrogens is 168 g/mol. The molecule has 0 saturated carbocycles.